The highest BCUT2D eigenvalue weighted by Gasteiger charge is 2.32. The minimum atomic E-state index is -0.473. The molecule has 2 aliphatic rings. The Hall–Kier alpha value is -2.48. The van der Waals surface area contributed by atoms with Gasteiger partial charge in [0.2, 0.25) is 11.8 Å². The number of nitrogens with one attached hydrogen (secondary N) is 2. The first kappa shape index (κ1) is 17.3. The quantitative estimate of drug-likeness (QED) is 0.864. The molecular formula is C17H18N4O3S. The van der Waals surface area contributed by atoms with Gasteiger partial charge < -0.3 is 10.6 Å². The van der Waals surface area contributed by atoms with E-state index in [0.29, 0.717) is 16.4 Å². The molecule has 1 unspecified atom stereocenters. The summed E-state index contributed by atoms with van der Waals surface area (Å²) in [5.41, 5.74) is 2.11. The molecule has 130 valence electrons. The Morgan fingerprint density at radius 2 is 2.00 bits per heavy atom. The van der Waals surface area contributed by atoms with Gasteiger partial charge in [-0.05, 0) is 37.5 Å². The van der Waals surface area contributed by atoms with Crippen LogP contribution < -0.4 is 10.6 Å². The number of amides is 4. The second kappa shape index (κ2) is 7.60. The van der Waals surface area contributed by atoms with Crippen molar-refractivity contribution in [1.29, 1.82) is 0 Å². The van der Waals surface area contributed by atoms with E-state index in [0.717, 1.165) is 25.0 Å². The highest BCUT2D eigenvalue weighted by atomic mass is 32.2. The van der Waals surface area contributed by atoms with Crippen LogP contribution in [-0.2, 0) is 9.59 Å². The largest absolute Gasteiger partial charge is 0.367 e. The topological polar surface area (TPSA) is 100.0 Å². The molecular weight excluding hydrogens is 340 g/mol. The van der Waals surface area contributed by atoms with Crippen LogP contribution >= 0.6 is 11.8 Å². The van der Waals surface area contributed by atoms with Gasteiger partial charge in [-0.15, -0.1) is 0 Å². The summed E-state index contributed by atoms with van der Waals surface area (Å²) >= 11 is 1.29. The van der Waals surface area contributed by atoms with E-state index in [9.17, 15) is 14.4 Å². The molecule has 8 heteroatoms. The lowest BCUT2D eigenvalue weighted by molar-refractivity contribution is -0.114. The van der Waals surface area contributed by atoms with Gasteiger partial charge in [-0.2, -0.15) is 4.99 Å². The molecule has 1 heterocycles. The van der Waals surface area contributed by atoms with Crippen molar-refractivity contribution in [3.63, 3.8) is 0 Å². The van der Waals surface area contributed by atoms with Crippen LogP contribution in [0.2, 0.25) is 0 Å². The molecule has 4 amide bonds. The first-order valence-electron chi connectivity index (χ1n) is 8.01. The Morgan fingerprint density at radius 1 is 1.24 bits per heavy atom. The van der Waals surface area contributed by atoms with E-state index in [-0.39, 0.29) is 23.5 Å². The lowest BCUT2D eigenvalue weighted by Crippen LogP contribution is -2.24. The van der Waals surface area contributed by atoms with Gasteiger partial charge >= 0.3 is 6.03 Å². The predicted molar refractivity (Wildman–Crippen MR) is 99.4 cm³/mol. The van der Waals surface area contributed by atoms with Gasteiger partial charge in [0.25, 0.3) is 0 Å². The molecule has 1 aromatic rings. The molecule has 1 saturated carbocycles. The number of nitrogens with zero attached hydrogens (tertiary/aromatic N) is 2. The zero-order chi connectivity index (χ0) is 17.8. The second-order valence-electron chi connectivity index (χ2n) is 5.88. The SMILES string of the molecule is CC(=O)Nc1cccc(NC(=O)CSC2=NC(=O)N=C3CCCC32)c1. The van der Waals surface area contributed by atoms with E-state index in [4.69, 9.17) is 0 Å². The molecule has 25 heavy (non-hydrogen) atoms. The Labute approximate surface area is 149 Å². The van der Waals surface area contributed by atoms with Crippen molar-refractivity contribution in [2.75, 3.05) is 16.4 Å². The van der Waals surface area contributed by atoms with E-state index in [1.165, 1.54) is 18.7 Å². The molecule has 0 aromatic heterocycles. The molecule has 1 fully saturated rings. The van der Waals surface area contributed by atoms with Gasteiger partial charge in [0.15, 0.2) is 0 Å². The number of anilines is 2. The van der Waals surface area contributed by atoms with E-state index >= 15 is 0 Å². The third-order valence-electron chi connectivity index (χ3n) is 3.89. The molecule has 1 atom stereocenters. The molecule has 1 aromatic carbocycles. The number of carbonyl (C=O) groups is 3. The number of rotatable bonds is 4. The van der Waals surface area contributed by atoms with E-state index < -0.39 is 6.03 Å². The third-order valence-corrected chi connectivity index (χ3v) is 4.97. The minimum Gasteiger partial charge on any atom is -0.326 e. The maximum atomic E-state index is 12.2. The van der Waals surface area contributed by atoms with Crippen molar-refractivity contribution in [3.8, 4) is 0 Å². The average molecular weight is 358 g/mol. The highest BCUT2D eigenvalue weighted by Crippen LogP contribution is 2.31. The number of hydrogen-bond donors (Lipinski definition) is 2. The average Bonchev–Trinajstić information content (AvgIpc) is 3.00. The maximum absolute atomic E-state index is 12.2. The summed E-state index contributed by atoms with van der Waals surface area (Å²) < 4.78 is 0. The van der Waals surface area contributed by atoms with Crippen molar-refractivity contribution >= 4 is 51.7 Å². The first-order valence-corrected chi connectivity index (χ1v) is 9.00. The number of thioether (sulfide) groups is 1. The highest BCUT2D eigenvalue weighted by molar-refractivity contribution is 8.14. The summed E-state index contributed by atoms with van der Waals surface area (Å²) in [5, 5.41) is 6.14. The van der Waals surface area contributed by atoms with E-state index in [1.807, 2.05) is 0 Å². The Kier molecular flexibility index (Phi) is 5.28. The van der Waals surface area contributed by atoms with Gasteiger partial charge in [-0.3, -0.25) is 9.59 Å². The van der Waals surface area contributed by atoms with Crippen molar-refractivity contribution in [2.24, 2.45) is 15.9 Å². The van der Waals surface area contributed by atoms with Crippen LogP contribution in [0.25, 0.3) is 0 Å². The Morgan fingerprint density at radius 3 is 2.76 bits per heavy atom. The normalized spacial score (nSPS) is 18.9. The van der Waals surface area contributed by atoms with Gasteiger partial charge in [-0.1, -0.05) is 17.8 Å². The summed E-state index contributed by atoms with van der Waals surface area (Å²) in [6.45, 7) is 1.43. The number of fused-ring (bicyclic) bond motifs is 1. The van der Waals surface area contributed by atoms with Crippen LogP contribution in [0.3, 0.4) is 0 Å². The third kappa shape index (κ3) is 4.54. The summed E-state index contributed by atoms with van der Waals surface area (Å²) in [5.74, 6) is -0.103. The fourth-order valence-electron chi connectivity index (χ4n) is 2.90. The Balaban J connectivity index is 1.56. The number of hydrogen-bond acceptors (Lipinski definition) is 4. The number of aliphatic imine (C=N–C) groups is 2. The van der Waals surface area contributed by atoms with Gasteiger partial charge in [-0.25, -0.2) is 9.79 Å². The molecule has 2 N–H and O–H groups in total. The van der Waals surface area contributed by atoms with Crippen LogP contribution in [0.15, 0.2) is 34.3 Å². The number of urea groups is 1. The molecule has 0 radical (unpaired) electrons. The van der Waals surface area contributed by atoms with Crippen molar-refractivity contribution in [1.82, 2.24) is 0 Å². The summed E-state index contributed by atoms with van der Waals surface area (Å²) in [6, 6.07) is 6.46. The monoisotopic (exact) mass is 358 g/mol. The van der Waals surface area contributed by atoms with Crippen LogP contribution in [0.5, 0.6) is 0 Å². The van der Waals surface area contributed by atoms with Gasteiger partial charge in [0.1, 0.15) is 0 Å². The van der Waals surface area contributed by atoms with Crippen molar-refractivity contribution in [2.45, 2.75) is 26.2 Å². The zero-order valence-corrected chi connectivity index (χ0v) is 14.6. The fourth-order valence-corrected chi connectivity index (χ4v) is 3.84. The molecule has 3 rings (SSSR count). The Bertz CT molecular complexity index is 788. The van der Waals surface area contributed by atoms with Gasteiger partial charge in [0, 0.05) is 29.9 Å². The van der Waals surface area contributed by atoms with E-state index in [2.05, 4.69) is 20.6 Å². The number of benzene rings is 1. The molecule has 1 aliphatic heterocycles. The standard InChI is InChI=1S/C17H18N4O3S/c1-10(22)18-11-4-2-5-12(8-11)19-15(23)9-25-16-13-6-3-7-14(13)20-17(24)21-16/h2,4-5,8,13H,3,6-7,9H2,1H3,(H,18,22)(H,19,23). The molecule has 0 spiro atoms. The lowest BCUT2D eigenvalue weighted by atomic mass is 10.1. The lowest BCUT2D eigenvalue weighted by Gasteiger charge is -2.16. The molecule has 0 bridgehead atoms. The van der Waals surface area contributed by atoms with Crippen LogP contribution in [0, 0.1) is 5.92 Å². The summed E-state index contributed by atoms with van der Waals surface area (Å²) in [6.07, 6.45) is 2.76. The van der Waals surface area contributed by atoms with Crippen LogP contribution in [-0.4, -0.2) is 34.4 Å². The maximum Gasteiger partial charge on any atom is 0.367 e. The molecule has 1 aliphatic carbocycles. The van der Waals surface area contributed by atoms with Crippen LogP contribution in [0.4, 0.5) is 16.2 Å². The van der Waals surface area contributed by atoms with Crippen LogP contribution in [0.1, 0.15) is 26.2 Å². The van der Waals surface area contributed by atoms with Gasteiger partial charge in [0.05, 0.1) is 10.8 Å². The summed E-state index contributed by atoms with van der Waals surface area (Å²) in [7, 11) is 0. The van der Waals surface area contributed by atoms with E-state index in [1.54, 1.807) is 24.3 Å². The van der Waals surface area contributed by atoms with Crippen molar-refractivity contribution in [3.05, 3.63) is 24.3 Å². The zero-order valence-electron chi connectivity index (χ0n) is 13.7. The fraction of sp³-hybridized carbons (Fsp3) is 0.353. The molecule has 0 saturated heterocycles. The number of carbonyl (C=O) groups excluding carboxylic acids is 3. The molecule has 7 nitrogen and oxygen atoms in total. The van der Waals surface area contributed by atoms with Crippen molar-refractivity contribution < 1.29 is 14.4 Å². The first-order chi connectivity index (χ1) is 12.0. The minimum absolute atomic E-state index is 0.0959. The second-order valence-corrected chi connectivity index (χ2v) is 6.88. The predicted octanol–water partition coefficient (Wildman–Crippen LogP) is 3.09. The summed E-state index contributed by atoms with van der Waals surface area (Å²) in [4.78, 5) is 42.8. The smallest absolute Gasteiger partial charge is 0.326 e.